The van der Waals surface area contributed by atoms with Crippen molar-refractivity contribution in [3.63, 3.8) is 0 Å². The molecule has 0 bridgehead atoms. The molecule has 0 saturated carbocycles. The number of benzene rings is 4. The number of hydrogen-bond donors (Lipinski definition) is 2. The number of piperidine rings is 2. The number of carbonyl (C=O) groups excluding carboxylic acids is 3. The van der Waals surface area contributed by atoms with Gasteiger partial charge in [-0.2, -0.15) is 0 Å². The summed E-state index contributed by atoms with van der Waals surface area (Å²) in [7, 11) is 0. The highest BCUT2D eigenvalue weighted by Gasteiger charge is 2.40. The number of amides is 3. The average molecular weight is 758 g/mol. The van der Waals surface area contributed by atoms with Gasteiger partial charge in [-0.1, -0.05) is 42.5 Å². The van der Waals surface area contributed by atoms with Gasteiger partial charge in [0.15, 0.2) is 0 Å². The molecule has 0 unspecified atom stereocenters. The van der Waals surface area contributed by atoms with Crippen molar-refractivity contribution in [2.75, 3.05) is 55.6 Å². The van der Waals surface area contributed by atoms with Crippen LogP contribution >= 0.6 is 0 Å². The predicted molar refractivity (Wildman–Crippen MR) is 212 cm³/mol. The summed E-state index contributed by atoms with van der Waals surface area (Å²) in [6.45, 7) is 8.77. The standard InChI is InChI=1S/C45H48FN5O5/c1-28-42(30-5-3-2-4-6-30)43(36-11-9-34(52)25-40(36)56-28)31-7-12-38(37(46)24-31)50-17-15-29(16-18-50)26-48-19-21-49(22-20-48)33-8-10-35-32(23-33)27-51(45(35)55)39-13-14-41(53)47-44(39)54/h2-12,23-25,28-29,39,42-43,52H,13-22,26-27H2,1H3,(H,47,53,54)/t28-,39+,42-,43-/m1/s1. The number of carbonyl (C=O) groups is 3. The Balaban J connectivity index is 0.802. The molecule has 0 radical (unpaired) electrons. The first-order valence-electron chi connectivity index (χ1n) is 20.0. The van der Waals surface area contributed by atoms with Crippen LogP contribution in [0.1, 0.15) is 77.1 Å². The minimum atomic E-state index is -0.609. The van der Waals surface area contributed by atoms with E-state index in [9.17, 15) is 19.5 Å². The number of fused-ring (bicyclic) bond motifs is 2. The molecule has 5 aliphatic rings. The van der Waals surface area contributed by atoms with Crippen LogP contribution in [-0.2, 0) is 16.1 Å². The van der Waals surface area contributed by atoms with Crippen molar-refractivity contribution in [3.8, 4) is 11.5 Å². The second kappa shape index (κ2) is 14.9. The number of aromatic hydroxyl groups is 1. The van der Waals surface area contributed by atoms with Crippen molar-refractivity contribution in [2.45, 2.75) is 63.1 Å². The van der Waals surface area contributed by atoms with Gasteiger partial charge in [0.05, 0.1) is 5.69 Å². The Hall–Kier alpha value is -5.42. The van der Waals surface area contributed by atoms with Crippen molar-refractivity contribution < 1.29 is 28.6 Å². The molecule has 0 spiro atoms. The van der Waals surface area contributed by atoms with Crippen LogP contribution < -0.4 is 19.9 Å². The number of nitrogens with zero attached hydrogens (tertiary/aromatic N) is 4. The molecule has 4 aromatic carbocycles. The molecule has 3 saturated heterocycles. The summed E-state index contributed by atoms with van der Waals surface area (Å²) in [6, 6.07) is 26.6. The van der Waals surface area contributed by atoms with Gasteiger partial charge in [-0.15, -0.1) is 0 Å². The number of imide groups is 1. The maximum atomic E-state index is 16.2. The first kappa shape index (κ1) is 36.2. The molecule has 9 rings (SSSR count). The quantitative estimate of drug-likeness (QED) is 0.221. The lowest BCUT2D eigenvalue weighted by molar-refractivity contribution is -0.136. The summed E-state index contributed by atoms with van der Waals surface area (Å²) in [5, 5.41) is 12.6. The van der Waals surface area contributed by atoms with Gasteiger partial charge in [0.25, 0.3) is 5.91 Å². The highest BCUT2D eigenvalue weighted by molar-refractivity contribution is 6.05. The summed E-state index contributed by atoms with van der Waals surface area (Å²) in [6.07, 6.45) is 2.45. The fourth-order valence-corrected chi connectivity index (χ4v) is 9.79. The molecule has 2 N–H and O–H groups in total. The van der Waals surface area contributed by atoms with Crippen LogP contribution in [0.5, 0.6) is 11.5 Å². The van der Waals surface area contributed by atoms with Crippen molar-refractivity contribution in [3.05, 3.63) is 119 Å². The maximum absolute atomic E-state index is 16.2. The van der Waals surface area contributed by atoms with E-state index < -0.39 is 6.04 Å². The van der Waals surface area contributed by atoms with Crippen molar-refractivity contribution in [1.82, 2.24) is 15.1 Å². The van der Waals surface area contributed by atoms with Gasteiger partial charge in [0.2, 0.25) is 11.8 Å². The molecular formula is C45H48FN5O5. The zero-order valence-corrected chi connectivity index (χ0v) is 31.7. The topological polar surface area (TPSA) is 106 Å². The molecule has 5 heterocycles. The Morgan fingerprint density at radius 2 is 1.61 bits per heavy atom. The van der Waals surface area contributed by atoms with Gasteiger partial charge >= 0.3 is 0 Å². The number of ether oxygens (including phenoxy) is 1. The number of rotatable bonds is 7. The molecule has 0 aliphatic carbocycles. The summed E-state index contributed by atoms with van der Waals surface area (Å²) in [5.74, 6) is 0.165. The normalized spacial score (nSPS) is 24.5. The monoisotopic (exact) mass is 757 g/mol. The fraction of sp³-hybridized carbons (Fsp3) is 0.400. The highest BCUT2D eigenvalue weighted by atomic mass is 19.1. The minimum absolute atomic E-state index is 0.0204. The average Bonchev–Trinajstić information content (AvgIpc) is 3.53. The molecule has 290 valence electrons. The lowest BCUT2D eigenvalue weighted by Crippen LogP contribution is -2.52. The molecule has 3 amide bonds. The third-order valence-corrected chi connectivity index (χ3v) is 12.7. The van der Waals surface area contributed by atoms with E-state index in [1.807, 2.05) is 49.4 Å². The van der Waals surface area contributed by atoms with Crippen molar-refractivity contribution >= 4 is 29.1 Å². The lowest BCUT2D eigenvalue weighted by Gasteiger charge is -2.40. The molecule has 56 heavy (non-hydrogen) atoms. The van der Waals surface area contributed by atoms with Crippen molar-refractivity contribution in [2.24, 2.45) is 5.92 Å². The predicted octanol–water partition coefficient (Wildman–Crippen LogP) is 6.03. The molecule has 3 fully saturated rings. The molecular weight excluding hydrogens is 710 g/mol. The second-order valence-corrected chi connectivity index (χ2v) is 16.1. The number of phenolic OH excluding ortho intramolecular Hbond substituents is 1. The van der Waals surface area contributed by atoms with E-state index in [1.54, 1.807) is 23.1 Å². The fourth-order valence-electron chi connectivity index (χ4n) is 9.79. The van der Waals surface area contributed by atoms with Crippen LogP contribution in [0.15, 0.2) is 84.9 Å². The molecule has 4 aromatic rings. The van der Waals surface area contributed by atoms with Crippen molar-refractivity contribution in [1.29, 1.82) is 0 Å². The van der Waals surface area contributed by atoms with E-state index >= 15 is 4.39 Å². The Morgan fingerprint density at radius 3 is 2.36 bits per heavy atom. The van der Waals surface area contributed by atoms with Gasteiger partial charge in [-0.3, -0.25) is 24.6 Å². The lowest BCUT2D eigenvalue weighted by atomic mass is 9.73. The minimum Gasteiger partial charge on any atom is -0.508 e. The SMILES string of the molecule is C[C@H]1Oc2cc(O)ccc2[C@@H](c2ccc(N3CCC(CN4CCN(c5ccc6c(c5)CN([C@H]5CCC(=O)NC5=O)C6=O)CC4)CC3)c(F)c2)[C@H]1c1ccccc1. The summed E-state index contributed by atoms with van der Waals surface area (Å²) in [5.41, 5.74) is 6.30. The van der Waals surface area contributed by atoms with Gasteiger partial charge in [0.1, 0.15) is 29.5 Å². The Kier molecular flexibility index (Phi) is 9.65. The Bertz CT molecular complexity index is 2150. The van der Waals surface area contributed by atoms with E-state index in [4.69, 9.17) is 4.74 Å². The number of halogens is 1. The van der Waals surface area contributed by atoms with Gasteiger partial charge in [-0.25, -0.2) is 4.39 Å². The van der Waals surface area contributed by atoms with Crippen LogP contribution in [0, 0.1) is 11.7 Å². The molecule has 11 heteroatoms. The molecule has 5 aliphatic heterocycles. The maximum Gasteiger partial charge on any atom is 0.255 e. The van der Waals surface area contributed by atoms with Crippen LogP contribution in [0.2, 0.25) is 0 Å². The van der Waals surface area contributed by atoms with Gasteiger partial charge < -0.3 is 24.5 Å². The number of anilines is 2. The highest BCUT2D eigenvalue weighted by Crippen LogP contribution is 2.50. The Labute approximate surface area is 326 Å². The summed E-state index contributed by atoms with van der Waals surface area (Å²) in [4.78, 5) is 46.0. The first-order valence-corrected chi connectivity index (χ1v) is 20.0. The number of hydrogen-bond acceptors (Lipinski definition) is 8. The van der Waals surface area contributed by atoms with E-state index in [-0.39, 0.29) is 53.6 Å². The number of nitrogens with one attached hydrogen (secondary N) is 1. The third-order valence-electron chi connectivity index (χ3n) is 12.7. The largest absolute Gasteiger partial charge is 0.508 e. The zero-order chi connectivity index (χ0) is 38.5. The van der Waals surface area contributed by atoms with E-state index in [0.29, 0.717) is 35.9 Å². The first-order chi connectivity index (χ1) is 27.2. The molecule has 4 atom stereocenters. The van der Waals surface area contributed by atoms with Crippen LogP contribution in [-0.4, -0.2) is 90.6 Å². The Morgan fingerprint density at radius 1 is 0.821 bits per heavy atom. The van der Waals surface area contributed by atoms with Crippen LogP contribution in [0.3, 0.4) is 0 Å². The van der Waals surface area contributed by atoms with E-state index in [0.717, 1.165) is 86.6 Å². The van der Waals surface area contributed by atoms with Crippen LogP contribution in [0.4, 0.5) is 15.8 Å². The summed E-state index contributed by atoms with van der Waals surface area (Å²) >= 11 is 0. The second-order valence-electron chi connectivity index (χ2n) is 16.1. The third kappa shape index (κ3) is 6.86. The zero-order valence-electron chi connectivity index (χ0n) is 31.7. The van der Waals surface area contributed by atoms with Gasteiger partial charge in [-0.05, 0) is 85.2 Å². The molecule has 0 aromatic heterocycles. The van der Waals surface area contributed by atoms with Crippen LogP contribution in [0.25, 0.3) is 0 Å². The summed E-state index contributed by atoms with van der Waals surface area (Å²) < 4.78 is 22.5. The molecule has 10 nitrogen and oxygen atoms in total. The van der Waals surface area contributed by atoms with E-state index in [1.165, 1.54) is 0 Å². The number of piperazine rings is 1. The number of phenols is 1. The van der Waals surface area contributed by atoms with Gasteiger partial charge in [0, 0.05) is 93.5 Å². The smallest absolute Gasteiger partial charge is 0.255 e. The van der Waals surface area contributed by atoms with E-state index in [2.05, 4.69) is 44.3 Å².